The summed E-state index contributed by atoms with van der Waals surface area (Å²) in [7, 11) is 0. The SMILES string of the molecule is CCN(CCCBr)c1ccc(C(F)(F)F)cn1. The van der Waals surface area contributed by atoms with Crippen LogP contribution in [0.2, 0.25) is 0 Å². The number of aromatic nitrogens is 1. The van der Waals surface area contributed by atoms with Crippen molar-refractivity contribution < 1.29 is 13.2 Å². The molecular formula is C11H14BrF3N2. The van der Waals surface area contributed by atoms with E-state index in [-0.39, 0.29) is 0 Å². The van der Waals surface area contributed by atoms with E-state index >= 15 is 0 Å². The van der Waals surface area contributed by atoms with Gasteiger partial charge in [0.05, 0.1) is 5.56 Å². The average molecular weight is 311 g/mol. The lowest BCUT2D eigenvalue weighted by molar-refractivity contribution is -0.137. The van der Waals surface area contributed by atoms with Crippen LogP contribution in [-0.4, -0.2) is 23.4 Å². The molecule has 0 aliphatic rings. The van der Waals surface area contributed by atoms with Crippen LogP contribution in [0.15, 0.2) is 18.3 Å². The Morgan fingerprint density at radius 1 is 1.35 bits per heavy atom. The second-order valence-electron chi connectivity index (χ2n) is 3.53. The molecule has 0 radical (unpaired) electrons. The van der Waals surface area contributed by atoms with Crippen molar-refractivity contribution in [1.29, 1.82) is 0 Å². The Hall–Kier alpha value is -0.780. The number of alkyl halides is 4. The third kappa shape index (κ3) is 4.18. The van der Waals surface area contributed by atoms with E-state index in [4.69, 9.17) is 0 Å². The maximum atomic E-state index is 12.3. The molecule has 0 bridgehead atoms. The van der Waals surface area contributed by atoms with Crippen LogP contribution in [0.4, 0.5) is 19.0 Å². The third-order valence-corrected chi connectivity index (χ3v) is 2.90. The molecule has 0 N–H and O–H groups in total. The molecule has 17 heavy (non-hydrogen) atoms. The van der Waals surface area contributed by atoms with Crippen LogP contribution in [0.25, 0.3) is 0 Å². The van der Waals surface area contributed by atoms with Crippen molar-refractivity contribution in [3.05, 3.63) is 23.9 Å². The molecular weight excluding hydrogens is 297 g/mol. The van der Waals surface area contributed by atoms with Gasteiger partial charge in [0.15, 0.2) is 0 Å². The molecule has 0 aliphatic carbocycles. The van der Waals surface area contributed by atoms with Gasteiger partial charge in [-0.25, -0.2) is 4.98 Å². The Kier molecular flexibility index (Phi) is 5.24. The molecule has 1 heterocycles. The fraction of sp³-hybridized carbons (Fsp3) is 0.545. The molecule has 0 aliphatic heterocycles. The number of hydrogen-bond acceptors (Lipinski definition) is 2. The molecule has 0 saturated carbocycles. The summed E-state index contributed by atoms with van der Waals surface area (Å²) < 4.78 is 37.0. The Morgan fingerprint density at radius 2 is 2.06 bits per heavy atom. The van der Waals surface area contributed by atoms with E-state index in [2.05, 4.69) is 20.9 Å². The van der Waals surface area contributed by atoms with Crippen LogP contribution in [0, 0.1) is 0 Å². The zero-order valence-electron chi connectivity index (χ0n) is 9.47. The zero-order valence-corrected chi connectivity index (χ0v) is 11.1. The fourth-order valence-electron chi connectivity index (χ4n) is 1.43. The van der Waals surface area contributed by atoms with E-state index in [1.54, 1.807) is 0 Å². The quantitative estimate of drug-likeness (QED) is 0.771. The van der Waals surface area contributed by atoms with Gasteiger partial charge in [-0.15, -0.1) is 0 Å². The van der Waals surface area contributed by atoms with Crippen molar-refractivity contribution in [3.63, 3.8) is 0 Å². The molecule has 1 aromatic rings. The van der Waals surface area contributed by atoms with Crippen molar-refractivity contribution in [2.45, 2.75) is 19.5 Å². The Bertz CT molecular complexity index is 338. The van der Waals surface area contributed by atoms with Crippen molar-refractivity contribution in [1.82, 2.24) is 4.98 Å². The summed E-state index contributed by atoms with van der Waals surface area (Å²) in [4.78, 5) is 5.81. The molecule has 0 atom stereocenters. The van der Waals surface area contributed by atoms with Crippen molar-refractivity contribution >= 4 is 21.7 Å². The second kappa shape index (κ2) is 6.23. The van der Waals surface area contributed by atoms with Gasteiger partial charge < -0.3 is 4.90 Å². The first-order valence-electron chi connectivity index (χ1n) is 5.33. The molecule has 96 valence electrons. The summed E-state index contributed by atoms with van der Waals surface area (Å²) in [5, 5.41) is 0.865. The number of anilines is 1. The van der Waals surface area contributed by atoms with Crippen LogP contribution >= 0.6 is 15.9 Å². The van der Waals surface area contributed by atoms with E-state index in [0.717, 1.165) is 37.1 Å². The van der Waals surface area contributed by atoms with Gasteiger partial charge in [-0.2, -0.15) is 13.2 Å². The fourth-order valence-corrected chi connectivity index (χ4v) is 1.68. The van der Waals surface area contributed by atoms with Gasteiger partial charge >= 0.3 is 6.18 Å². The average Bonchev–Trinajstić information content (AvgIpc) is 2.29. The van der Waals surface area contributed by atoms with Gasteiger partial charge in [0.1, 0.15) is 5.82 Å². The monoisotopic (exact) mass is 310 g/mol. The van der Waals surface area contributed by atoms with Crippen LogP contribution in [0.5, 0.6) is 0 Å². The maximum absolute atomic E-state index is 12.3. The van der Waals surface area contributed by atoms with E-state index in [1.165, 1.54) is 6.07 Å². The lowest BCUT2D eigenvalue weighted by atomic mass is 10.2. The molecule has 0 aromatic carbocycles. The van der Waals surface area contributed by atoms with Crippen molar-refractivity contribution in [2.75, 3.05) is 23.3 Å². The largest absolute Gasteiger partial charge is 0.417 e. The molecule has 0 saturated heterocycles. The van der Waals surface area contributed by atoms with Gasteiger partial charge in [-0.1, -0.05) is 15.9 Å². The van der Waals surface area contributed by atoms with Crippen molar-refractivity contribution in [3.8, 4) is 0 Å². The van der Waals surface area contributed by atoms with E-state index in [0.29, 0.717) is 5.82 Å². The number of hydrogen-bond donors (Lipinski definition) is 0. The number of nitrogens with zero attached hydrogens (tertiary/aromatic N) is 2. The summed E-state index contributed by atoms with van der Waals surface area (Å²) in [5.41, 5.74) is -0.710. The first-order valence-corrected chi connectivity index (χ1v) is 6.45. The molecule has 2 nitrogen and oxygen atoms in total. The number of halogens is 4. The maximum Gasteiger partial charge on any atom is 0.417 e. The second-order valence-corrected chi connectivity index (χ2v) is 4.32. The molecule has 0 unspecified atom stereocenters. The minimum atomic E-state index is -4.32. The lowest BCUT2D eigenvalue weighted by Gasteiger charge is -2.21. The van der Waals surface area contributed by atoms with Crippen LogP contribution in [-0.2, 0) is 6.18 Å². The smallest absolute Gasteiger partial charge is 0.357 e. The summed E-state index contributed by atoms with van der Waals surface area (Å²) in [5.74, 6) is 0.585. The van der Waals surface area contributed by atoms with E-state index in [1.807, 2.05) is 11.8 Å². The highest BCUT2D eigenvalue weighted by molar-refractivity contribution is 9.09. The predicted octanol–water partition coefficient (Wildman–Crippen LogP) is 3.71. The predicted molar refractivity (Wildman–Crippen MR) is 65.5 cm³/mol. The van der Waals surface area contributed by atoms with Gasteiger partial charge in [0, 0.05) is 24.6 Å². The van der Waals surface area contributed by atoms with Gasteiger partial charge in [0.2, 0.25) is 0 Å². The molecule has 0 fully saturated rings. The molecule has 1 aromatic heterocycles. The molecule has 0 spiro atoms. The highest BCUT2D eigenvalue weighted by atomic mass is 79.9. The summed E-state index contributed by atoms with van der Waals surface area (Å²) in [6.07, 6.45) is -2.51. The normalized spacial score (nSPS) is 11.6. The topological polar surface area (TPSA) is 16.1 Å². The minimum Gasteiger partial charge on any atom is -0.357 e. The Balaban J connectivity index is 2.78. The number of pyridine rings is 1. The lowest BCUT2D eigenvalue weighted by Crippen LogP contribution is -2.25. The standard InChI is InChI=1S/C11H14BrF3N2/c1-2-17(7-3-6-12)10-5-4-9(8-16-10)11(13,14)15/h4-5,8H,2-3,6-7H2,1H3. The first kappa shape index (κ1) is 14.3. The van der Waals surface area contributed by atoms with Crippen molar-refractivity contribution in [2.24, 2.45) is 0 Å². The molecule has 1 rings (SSSR count). The third-order valence-electron chi connectivity index (χ3n) is 2.34. The first-order chi connectivity index (χ1) is 7.99. The Morgan fingerprint density at radius 3 is 2.47 bits per heavy atom. The van der Waals surface area contributed by atoms with E-state index < -0.39 is 11.7 Å². The van der Waals surface area contributed by atoms with Gasteiger partial charge in [-0.05, 0) is 25.5 Å². The van der Waals surface area contributed by atoms with Crippen LogP contribution < -0.4 is 4.90 Å². The summed E-state index contributed by atoms with van der Waals surface area (Å²) >= 11 is 3.32. The van der Waals surface area contributed by atoms with Gasteiger partial charge in [0.25, 0.3) is 0 Å². The van der Waals surface area contributed by atoms with Gasteiger partial charge in [-0.3, -0.25) is 0 Å². The zero-order chi connectivity index (χ0) is 12.9. The molecule has 0 amide bonds. The highest BCUT2D eigenvalue weighted by Gasteiger charge is 2.30. The highest BCUT2D eigenvalue weighted by Crippen LogP contribution is 2.29. The Labute approximate surface area is 107 Å². The minimum absolute atomic E-state index is 0.585. The number of rotatable bonds is 5. The van der Waals surface area contributed by atoms with Crippen LogP contribution in [0.3, 0.4) is 0 Å². The summed E-state index contributed by atoms with van der Waals surface area (Å²) in [6, 6.07) is 2.49. The molecule has 6 heteroatoms. The summed E-state index contributed by atoms with van der Waals surface area (Å²) in [6.45, 7) is 3.46. The van der Waals surface area contributed by atoms with Crippen LogP contribution in [0.1, 0.15) is 18.9 Å². The van der Waals surface area contributed by atoms with E-state index in [9.17, 15) is 13.2 Å².